The predicted octanol–water partition coefficient (Wildman–Crippen LogP) is 6.44. The van der Waals surface area contributed by atoms with Crippen molar-refractivity contribution in [1.29, 1.82) is 10.8 Å². The lowest BCUT2D eigenvalue weighted by Crippen LogP contribution is -2.23. The molecule has 0 saturated heterocycles. The Morgan fingerprint density at radius 2 is 1.29 bits per heavy atom. The molecule has 0 aliphatic heterocycles. The summed E-state index contributed by atoms with van der Waals surface area (Å²) in [5.41, 5.74) is 2.33. The van der Waals surface area contributed by atoms with Crippen LogP contribution in [0.5, 0.6) is 0 Å². The largest absolute Gasteiger partial charge is 0.469 e. The van der Waals surface area contributed by atoms with Gasteiger partial charge in [-0.25, -0.2) is 20.4 Å². The average molecular weight is 570 g/mol. The maximum atomic E-state index is 11.8. The van der Waals surface area contributed by atoms with Crippen LogP contribution in [0.4, 0.5) is 0 Å². The number of unbranched alkanes of at least 4 members (excludes halogenated alkanes) is 1. The molecule has 9 nitrogen and oxygen atoms in total. The quantitative estimate of drug-likeness (QED) is 0.109. The van der Waals surface area contributed by atoms with Gasteiger partial charge in [-0.15, -0.1) is 0 Å². The lowest BCUT2D eigenvalue weighted by Gasteiger charge is -2.15. The molecule has 2 aromatic rings. The topological polar surface area (TPSA) is 146 Å². The molecule has 0 spiro atoms. The molecule has 41 heavy (non-hydrogen) atoms. The van der Waals surface area contributed by atoms with Gasteiger partial charge < -0.3 is 14.8 Å². The monoisotopic (exact) mass is 569 g/mol. The van der Waals surface area contributed by atoms with E-state index in [1.165, 1.54) is 31.9 Å². The molecular formula is C32H47N3O6. The maximum absolute atomic E-state index is 11.8. The van der Waals surface area contributed by atoms with E-state index in [0.717, 1.165) is 24.3 Å². The molecule has 0 fully saturated rings. The molecule has 0 aromatic heterocycles. The summed E-state index contributed by atoms with van der Waals surface area (Å²) < 4.78 is 9.85. The number of hydrogen-bond acceptors (Lipinski definition) is 9. The standard InChI is InChI=1S/C15H25N.C15H20O4.2CHNO/c1-13(2)16-12-8-7-9-14(3)15-10-5-4-6-11-15;1-11(2)19-14(16)10-9-13(15(17)18-3)12-7-5-4-6-8-12;2*2-1-3/h4-6,10-11,13-14,16H,7-9,12H2,1-3H3;4-8,11,13H,9-10H2,1-3H3;2*2H. The van der Waals surface area contributed by atoms with Crippen molar-refractivity contribution < 1.29 is 28.7 Å². The second kappa shape index (κ2) is 26.3. The molecule has 2 rings (SSSR count). The Bertz CT molecular complexity index is 989. The minimum atomic E-state index is -0.425. The molecule has 9 heteroatoms. The molecule has 2 atom stereocenters. The van der Waals surface area contributed by atoms with Crippen molar-refractivity contribution in [2.24, 2.45) is 0 Å². The van der Waals surface area contributed by atoms with Crippen molar-refractivity contribution in [3.8, 4) is 0 Å². The first-order chi connectivity index (χ1) is 19.6. The fourth-order valence-corrected chi connectivity index (χ4v) is 3.75. The van der Waals surface area contributed by atoms with Crippen LogP contribution in [0, 0.1) is 10.8 Å². The highest BCUT2D eigenvalue weighted by atomic mass is 16.5. The third-order valence-electron chi connectivity index (χ3n) is 5.68. The third-order valence-corrected chi connectivity index (χ3v) is 5.68. The number of rotatable bonds is 13. The molecule has 0 heterocycles. The molecule has 0 aliphatic rings. The lowest BCUT2D eigenvalue weighted by atomic mass is 9.94. The Kier molecular flexibility index (Phi) is 25.2. The molecular weight excluding hydrogens is 522 g/mol. The van der Waals surface area contributed by atoms with Gasteiger partial charge in [0.15, 0.2) is 0 Å². The second-order valence-electron chi connectivity index (χ2n) is 9.68. The fraction of sp³-hybridized carbons (Fsp3) is 0.500. The number of carbonyl (C=O) groups excluding carboxylic acids is 4. The number of esters is 2. The summed E-state index contributed by atoms with van der Waals surface area (Å²) in [6.07, 6.45) is 5.85. The minimum absolute atomic E-state index is 0.138. The minimum Gasteiger partial charge on any atom is -0.469 e. The van der Waals surface area contributed by atoms with Crippen LogP contribution >= 0.6 is 0 Å². The summed E-state index contributed by atoms with van der Waals surface area (Å²) in [6, 6.07) is 20.7. The van der Waals surface area contributed by atoms with Gasteiger partial charge in [0.2, 0.25) is 12.2 Å². The summed E-state index contributed by atoms with van der Waals surface area (Å²) in [5.74, 6) is -0.352. The van der Waals surface area contributed by atoms with E-state index in [4.69, 9.17) is 29.9 Å². The van der Waals surface area contributed by atoms with E-state index in [2.05, 4.69) is 56.4 Å². The van der Waals surface area contributed by atoms with Crippen LogP contribution < -0.4 is 5.32 Å². The highest BCUT2D eigenvalue weighted by molar-refractivity contribution is 5.79. The van der Waals surface area contributed by atoms with Gasteiger partial charge in [0, 0.05) is 12.5 Å². The van der Waals surface area contributed by atoms with Crippen LogP contribution in [-0.2, 0) is 28.7 Å². The molecule has 0 radical (unpaired) electrons. The highest BCUT2D eigenvalue weighted by Crippen LogP contribution is 2.23. The molecule has 0 saturated carbocycles. The van der Waals surface area contributed by atoms with Gasteiger partial charge in [-0.3, -0.25) is 9.59 Å². The molecule has 2 unspecified atom stereocenters. The van der Waals surface area contributed by atoms with Crippen molar-refractivity contribution in [1.82, 2.24) is 5.32 Å². The van der Waals surface area contributed by atoms with Crippen LogP contribution in [0.2, 0.25) is 0 Å². The fourth-order valence-electron chi connectivity index (χ4n) is 3.75. The lowest BCUT2D eigenvalue weighted by molar-refractivity contribution is -0.148. The zero-order valence-corrected chi connectivity index (χ0v) is 25.3. The molecule has 0 aliphatic carbocycles. The van der Waals surface area contributed by atoms with Crippen molar-refractivity contribution in [2.75, 3.05) is 13.7 Å². The number of ether oxygens (including phenoxy) is 2. The van der Waals surface area contributed by atoms with Gasteiger partial charge in [-0.2, -0.15) is 0 Å². The van der Waals surface area contributed by atoms with E-state index in [0.29, 0.717) is 18.4 Å². The molecule has 0 amide bonds. The highest BCUT2D eigenvalue weighted by Gasteiger charge is 2.22. The number of benzene rings is 2. The SMILES string of the molecule is CC(C)NCCCCC(C)c1ccccc1.COC(=O)C(CCC(=O)OC(C)C)c1ccccc1.N=C=O.N=C=O. The number of carbonyl (C=O) groups is 2. The van der Waals surface area contributed by atoms with Gasteiger partial charge in [-0.1, -0.05) is 87.9 Å². The van der Waals surface area contributed by atoms with Crippen LogP contribution in [0.25, 0.3) is 0 Å². The van der Waals surface area contributed by atoms with Gasteiger partial charge in [0.25, 0.3) is 0 Å². The van der Waals surface area contributed by atoms with Crippen molar-refractivity contribution in [3.05, 3.63) is 71.8 Å². The summed E-state index contributed by atoms with van der Waals surface area (Å²) >= 11 is 0. The third kappa shape index (κ3) is 22.6. The molecule has 226 valence electrons. The second-order valence-corrected chi connectivity index (χ2v) is 9.68. The van der Waals surface area contributed by atoms with Gasteiger partial charge in [0.05, 0.1) is 19.1 Å². The predicted molar refractivity (Wildman–Crippen MR) is 160 cm³/mol. The number of nitrogens with one attached hydrogen (secondary N) is 3. The van der Waals surface area contributed by atoms with E-state index in [-0.39, 0.29) is 24.5 Å². The molecule has 0 bridgehead atoms. The van der Waals surface area contributed by atoms with Crippen LogP contribution in [0.3, 0.4) is 0 Å². The molecule has 3 N–H and O–H groups in total. The van der Waals surface area contributed by atoms with E-state index in [1.54, 1.807) is 13.8 Å². The zero-order chi connectivity index (χ0) is 31.5. The van der Waals surface area contributed by atoms with Gasteiger partial charge in [0.1, 0.15) is 0 Å². The van der Waals surface area contributed by atoms with Crippen LogP contribution in [0.1, 0.15) is 89.7 Å². The zero-order valence-electron chi connectivity index (χ0n) is 25.3. The Balaban J connectivity index is 0. The van der Waals surface area contributed by atoms with Crippen molar-refractivity contribution in [2.45, 2.75) is 90.7 Å². The van der Waals surface area contributed by atoms with Gasteiger partial charge in [-0.05, 0) is 56.7 Å². The Morgan fingerprint density at radius 1 is 0.805 bits per heavy atom. The van der Waals surface area contributed by atoms with Crippen LogP contribution in [-0.4, -0.2) is 49.9 Å². The first-order valence-electron chi connectivity index (χ1n) is 13.8. The van der Waals surface area contributed by atoms with E-state index >= 15 is 0 Å². The molecule has 2 aromatic carbocycles. The van der Waals surface area contributed by atoms with E-state index in [1.807, 2.05) is 30.3 Å². The first kappa shape index (κ1) is 39.2. The average Bonchev–Trinajstić information content (AvgIpc) is 2.94. The Morgan fingerprint density at radius 3 is 1.73 bits per heavy atom. The smallest absolute Gasteiger partial charge is 0.313 e. The number of hydrogen-bond donors (Lipinski definition) is 3. The maximum Gasteiger partial charge on any atom is 0.313 e. The van der Waals surface area contributed by atoms with E-state index in [9.17, 15) is 9.59 Å². The normalized spacial score (nSPS) is 11.0. The first-order valence-corrected chi connectivity index (χ1v) is 13.8. The summed E-state index contributed by atoms with van der Waals surface area (Å²) in [5, 5.41) is 14.3. The van der Waals surface area contributed by atoms with Crippen molar-refractivity contribution in [3.63, 3.8) is 0 Å². The summed E-state index contributed by atoms with van der Waals surface area (Å²) in [4.78, 5) is 40.0. The van der Waals surface area contributed by atoms with Gasteiger partial charge >= 0.3 is 11.9 Å². The Hall–Kier alpha value is -3.90. The van der Waals surface area contributed by atoms with Crippen LogP contribution in [0.15, 0.2) is 60.7 Å². The van der Waals surface area contributed by atoms with E-state index < -0.39 is 5.92 Å². The summed E-state index contributed by atoms with van der Waals surface area (Å²) in [6.45, 7) is 11.5. The Labute approximate surface area is 245 Å². The number of isocyanates is 2. The van der Waals surface area contributed by atoms with Crippen molar-refractivity contribution >= 4 is 24.1 Å². The number of methoxy groups -OCH3 is 1. The summed E-state index contributed by atoms with van der Waals surface area (Å²) in [7, 11) is 1.35.